The van der Waals surface area contributed by atoms with Crippen LogP contribution in [-0.2, 0) is 10.0 Å². The number of rotatable bonds is 5. The van der Waals surface area contributed by atoms with Crippen LogP contribution in [0, 0.1) is 17.1 Å². The topological polar surface area (TPSA) is 86.1 Å². The first-order chi connectivity index (χ1) is 14.9. The van der Waals surface area contributed by atoms with Crippen LogP contribution in [-0.4, -0.2) is 42.6 Å². The molecule has 2 heterocycles. The van der Waals surface area contributed by atoms with Gasteiger partial charge < -0.3 is 5.32 Å². The first kappa shape index (κ1) is 21.2. The molecule has 4 rings (SSSR count). The van der Waals surface area contributed by atoms with Crippen molar-refractivity contribution in [3.05, 3.63) is 60.2 Å². The lowest BCUT2D eigenvalue weighted by atomic mass is 9.98. The number of piperidine rings is 1. The number of pyridine rings is 1. The number of nitrogens with zero attached hydrogens (tertiary/aromatic N) is 3. The Morgan fingerprint density at radius 2 is 1.97 bits per heavy atom. The smallest absolute Gasteiger partial charge is 0.213 e. The van der Waals surface area contributed by atoms with Gasteiger partial charge in [0, 0.05) is 42.6 Å². The van der Waals surface area contributed by atoms with E-state index in [-0.39, 0.29) is 17.4 Å². The van der Waals surface area contributed by atoms with Crippen LogP contribution in [0.5, 0.6) is 0 Å². The summed E-state index contributed by atoms with van der Waals surface area (Å²) in [4.78, 5) is 4.24. The maximum absolute atomic E-state index is 13.8. The molecule has 0 radical (unpaired) electrons. The Morgan fingerprint density at radius 3 is 2.68 bits per heavy atom. The number of anilines is 1. The Hall–Kier alpha value is -3.02. The van der Waals surface area contributed by atoms with E-state index in [4.69, 9.17) is 0 Å². The SMILES string of the molecule is CCS(=O)(=O)N1CCC(Nc2cc(-c3ccc(F)c(C#N)c3)cc3ccncc23)CC1. The van der Waals surface area contributed by atoms with Crippen molar-refractivity contribution in [1.29, 1.82) is 5.26 Å². The highest BCUT2D eigenvalue weighted by Crippen LogP contribution is 2.32. The molecule has 1 aliphatic heterocycles. The molecule has 1 aliphatic rings. The van der Waals surface area contributed by atoms with Crippen molar-refractivity contribution >= 4 is 26.5 Å². The largest absolute Gasteiger partial charge is 0.382 e. The van der Waals surface area contributed by atoms with Gasteiger partial charge in [-0.25, -0.2) is 17.1 Å². The normalized spacial score (nSPS) is 15.6. The number of hydrogen-bond donors (Lipinski definition) is 1. The first-order valence-corrected chi connectivity index (χ1v) is 11.8. The van der Waals surface area contributed by atoms with E-state index in [9.17, 15) is 18.1 Å². The minimum Gasteiger partial charge on any atom is -0.382 e. The zero-order chi connectivity index (χ0) is 22.0. The molecule has 31 heavy (non-hydrogen) atoms. The number of nitriles is 1. The molecule has 1 aromatic heterocycles. The highest BCUT2D eigenvalue weighted by molar-refractivity contribution is 7.89. The highest BCUT2D eigenvalue weighted by Gasteiger charge is 2.27. The van der Waals surface area contributed by atoms with Gasteiger partial charge in [0.25, 0.3) is 0 Å². The minimum atomic E-state index is -3.17. The molecule has 3 aromatic rings. The monoisotopic (exact) mass is 438 g/mol. The Labute approximate surface area is 181 Å². The second kappa shape index (κ2) is 8.61. The van der Waals surface area contributed by atoms with E-state index in [1.54, 1.807) is 35.8 Å². The Morgan fingerprint density at radius 1 is 1.19 bits per heavy atom. The molecule has 6 nitrogen and oxygen atoms in total. The maximum Gasteiger partial charge on any atom is 0.213 e. The van der Waals surface area contributed by atoms with Crippen LogP contribution < -0.4 is 5.32 Å². The van der Waals surface area contributed by atoms with Crippen LogP contribution >= 0.6 is 0 Å². The number of hydrogen-bond acceptors (Lipinski definition) is 5. The summed E-state index contributed by atoms with van der Waals surface area (Å²) in [6.45, 7) is 2.65. The van der Waals surface area contributed by atoms with Crippen LogP contribution in [0.2, 0.25) is 0 Å². The van der Waals surface area contributed by atoms with E-state index < -0.39 is 15.8 Å². The van der Waals surface area contributed by atoms with Crippen LogP contribution in [0.1, 0.15) is 25.3 Å². The Balaban J connectivity index is 1.65. The van der Waals surface area contributed by atoms with Gasteiger partial charge in [-0.15, -0.1) is 0 Å². The predicted octanol–water partition coefficient (Wildman–Crippen LogP) is 4.14. The zero-order valence-corrected chi connectivity index (χ0v) is 18.0. The van der Waals surface area contributed by atoms with Gasteiger partial charge in [-0.3, -0.25) is 4.98 Å². The van der Waals surface area contributed by atoms with E-state index in [1.807, 2.05) is 24.3 Å². The average Bonchev–Trinajstić information content (AvgIpc) is 2.79. The molecule has 1 saturated heterocycles. The second-order valence-electron chi connectivity index (χ2n) is 7.65. The number of fused-ring (bicyclic) bond motifs is 1. The van der Waals surface area contributed by atoms with Crippen molar-refractivity contribution in [3.8, 4) is 17.2 Å². The maximum atomic E-state index is 13.8. The van der Waals surface area contributed by atoms with E-state index in [1.165, 1.54) is 6.07 Å². The molecule has 0 bridgehead atoms. The van der Waals surface area contributed by atoms with E-state index in [0.717, 1.165) is 27.6 Å². The molecule has 0 amide bonds. The third-order valence-electron chi connectivity index (χ3n) is 5.75. The molecule has 2 aromatic carbocycles. The third-order valence-corrected chi connectivity index (χ3v) is 7.63. The van der Waals surface area contributed by atoms with Crippen LogP contribution in [0.4, 0.5) is 10.1 Å². The molecule has 1 fully saturated rings. The first-order valence-electron chi connectivity index (χ1n) is 10.2. The molecule has 0 saturated carbocycles. The van der Waals surface area contributed by atoms with Gasteiger partial charge in [0.05, 0.1) is 11.3 Å². The summed E-state index contributed by atoms with van der Waals surface area (Å²) >= 11 is 0. The fourth-order valence-corrected chi connectivity index (χ4v) is 5.09. The number of nitrogens with one attached hydrogen (secondary N) is 1. The van der Waals surface area contributed by atoms with Crippen molar-refractivity contribution in [2.75, 3.05) is 24.2 Å². The van der Waals surface area contributed by atoms with E-state index in [0.29, 0.717) is 25.9 Å². The third kappa shape index (κ3) is 4.38. The number of aromatic nitrogens is 1. The van der Waals surface area contributed by atoms with Gasteiger partial charge in [0.1, 0.15) is 11.9 Å². The molecule has 0 atom stereocenters. The fraction of sp³-hybridized carbons (Fsp3) is 0.304. The number of halogens is 1. The molecule has 8 heteroatoms. The van der Waals surface area contributed by atoms with Gasteiger partial charge in [-0.1, -0.05) is 6.07 Å². The zero-order valence-electron chi connectivity index (χ0n) is 17.2. The van der Waals surface area contributed by atoms with E-state index >= 15 is 0 Å². The molecular formula is C23H23FN4O2S. The summed E-state index contributed by atoms with van der Waals surface area (Å²) in [5.74, 6) is -0.422. The minimum absolute atomic E-state index is 0.00587. The van der Waals surface area contributed by atoms with Gasteiger partial charge in [0.15, 0.2) is 0 Å². The van der Waals surface area contributed by atoms with Crippen molar-refractivity contribution in [1.82, 2.24) is 9.29 Å². The van der Waals surface area contributed by atoms with Gasteiger partial charge in [-0.05, 0) is 66.6 Å². The summed E-state index contributed by atoms with van der Waals surface area (Å²) in [6, 6.07) is 12.4. The summed E-state index contributed by atoms with van der Waals surface area (Å²) in [6.07, 6.45) is 4.93. The van der Waals surface area contributed by atoms with E-state index in [2.05, 4.69) is 10.3 Å². The lowest BCUT2D eigenvalue weighted by Crippen LogP contribution is -2.42. The Bertz CT molecular complexity index is 1260. The van der Waals surface area contributed by atoms with Crippen molar-refractivity contribution in [2.24, 2.45) is 0 Å². The molecule has 1 N–H and O–H groups in total. The van der Waals surface area contributed by atoms with Gasteiger partial charge >= 0.3 is 0 Å². The highest BCUT2D eigenvalue weighted by atomic mass is 32.2. The molecular weight excluding hydrogens is 415 g/mol. The van der Waals surface area contributed by atoms with Crippen LogP contribution in [0.3, 0.4) is 0 Å². The molecule has 0 aliphatic carbocycles. The molecule has 0 spiro atoms. The average molecular weight is 439 g/mol. The quantitative estimate of drug-likeness (QED) is 0.647. The Kier molecular flexibility index (Phi) is 5.90. The summed E-state index contributed by atoms with van der Waals surface area (Å²) in [5, 5.41) is 14.7. The fourth-order valence-electron chi connectivity index (χ4n) is 3.96. The molecule has 160 valence electrons. The predicted molar refractivity (Wildman–Crippen MR) is 120 cm³/mol. The second-order valence-corrected chi connectivity index (χ2v) is 9.90. The number of benzene rings is 2. The van der Waals surface area contributed by atoms with Crippen LogP contribution in [0.15, 0.2) is 48.8 Å². The number of sulfonamides is 1. The molecule has 0 unspecified atom stereocenters. The van der Waals surface area contributed by atoms with Crippen molar-refractivity contribution in [2.45, 2.75) is 25.8 Å². The standard InChI is InChI=1S/C23H23FN4O2S/c1-2-31(29,30)28-9-6-20(7-10-28)27-23-13-18(12-17-5-8-26-15-21(17)23)16-3-4-22(24)19(11-16)14-25/h3-5,8,11-13,15,20,27H,2,6-7,9-10H2,1H3. The lowest BCUT2D eigenvalue weighted by Gasteiger charge is -2.32. The van der Waals surface area contributed by atoms with Gasteiger partial charge in [-0.2, -0.15) is 5.26 Å². The lowest BCUT2D eigenvalue weighted by molar-refractivity contribution is 0.330. The summed E-state index contributed by atoms with van der Waals surface area (Å²) < 4.78 is 39.6. The summed E-state index contributed by atoms with van der Waals surface area (Å²) in [7, 11) is -3.17. The summed E-state index contributed by atoms with van der Waals surface area (Å²) in [5.41, 5.74) is 2.51. The van der Waals surface area contributed by atoms with Gasteiger partial charge in [0.2, 0.25) is 10.0 Å². The van der Waals surface area contributed by atoms with Crippen molar-refractivity contribution < 1.29 is 12.8 Å². The van der Waals surface area contributed by atoms with Crippen LogP contribution in [0.25, 0.3) is 21.9 Å². The van der Waals surface area contributed by atoms with Crippen molar-refractivity contribution in [3.63, 3.8) is 0 Å².